The number of nitrogens with zero attached hydrogens (tertiary/aromatic N) is 3. The van der Waals surface area contributed by atoms with Crippen LogP contribution in [0.2, 0.25) is 0 Å². The van der Waals surface area contributed by atoms with Crippen LogP contribution in [0.25, 0.3) is 0 Å². The fourth-order valence-corrected chi connectivity index (χ4v) is 1.46. The van der Waals surface area contributed by atoms with Gasteiger partial charge in [-0.05, 0) is 50.5 Å². The molecule has 0 aliphatic heterocycles. The minimum Gasteiger partial charge on any atom is -0.261 e. The Hall–Kier alpha value is -1.98. The van der Waals surface area contributed by atoms with E-state index in [1.807, 2.05) is 19.2 Å². The van der Waals surface area contributed by atoms with Gasteiger partial charge in [0, 0.05) is 18.1 Å². The van der Waals surface area contributed by atoms with Gasteiger partial charge in [0.2, 0.25) is 0 Å². The lowest BCUT2D eigenvalue weighted by Gasteiger charge is -2.06. The van der Waals surface area contributed by atoms with Crippen molar-refractivity contribution in [2.45, 2.75) is 33.9 Å². The van der Waals surface area contributed by atoms with E-state index in [4.69, 9.17) is 0 Å². The summed E-state index contributed by atoms with van der Waals surface area (Å²) in [4.78, 5) is 10.7. The predicted octanol–water partition coefficient (Wildman–Crippen LogP) is 3.81. The van der Waals surface area contributed by atoms with Gasteiger partial charge in [-0.3, -0.25) is 4.98 Å². The van der Waals surface area contributed by atoms with E-state index in [1.165, 1.54) is 18.1 Å². The summed E-state index contributed by atoms with van der Waals surface area (Å²) < 4.78 is 35.9. The third-order valence-electron chi connectivity index (χ3n) is 2.89. The van der Waals surface area contributed by atoms with E-state index in [1.54, 1.807) is 0 Å². The third kappa shape index (κ3) is 4.29. The lowest BCUT2D eigenvalue weighted by Crippen LogP contribution is -2.10. The molecule has 0 fully saturated rings. The Morgan fingerprint density at radius 2 is 1.60 bits per heavy atom. The Labute approximate surface area is 115 Å². The third-order valence-corrected chi connectivity index (χ3v) is 2.89. The number of rotatable bonds is 0. The molecule has 0 aliphatic carbocycles. The molecule has 20 heavy (non-hydrogen) atoms. The number of alkyl halides is 3. The zero-order valence-electron chi connectivity index (χ0n) is 11.8. The van der Waals surface area contributed by atoms with Gasteiger partial charge in [0.1, 0.15) is 6.33 Å². The molecule has 0 atom stereocenters. The molecular formula is C14H16F3N3. The smallest absolute Gasteiger partial charge is 0.261 e. The zero-order valence-corrected chi connectivity index (χ0v) is 11.8. The van der Waals surface area contributed by atoms with Crippen LogP contribution in [0.5, 0.6) is 0 Å². The summed E-state index contributed by atoms with van der Waals surface area (Å²) in [5.74, 6) is 0. The first kappa shape index (κ1) is 16.1. The zero-order chi connectivity index (χ0) is 15.3. The van der Waals surface area contributed by atoms with Gasteiger partial charge < -0.3 is 0 Å². The van der Waals surface area contributed by atoms with Crippen LogP contribution >= 0.6 is 0 Å². The lowest BCUT2D eigenvalue weighted by atomic mass is 10.1. The molecule has 0 aliphatic rings. The number of aromatic nitrogens is 3. The molecule has 2 aromatic rings. The van der Waals surface area contributed by atoms with Crippen LogP contribution in [0.3, 0.4) is 0 Å². The second kappa shape index (κ2) is 6.45. The number of aryl methyl sites for hydroxylation is 3. The standard InChI is InChI=1S/C8H11N.C6H5F3N2/c1-6-4-5-9-8(3)7(6)2;1-4-2-10-3-11-5(4)6(7,8)9/h4-5H,1-3H3;2-3H,1H3. The van der Waals surface area contributed by atoms with E-state index in [2.05, 4.69) is 28.8 Å². The summed E-state index contributed by atoms with van der Waals surface area (Å²) in [6.45, 7) is 7.55. The monoisotopic (exact) mass is 283 g/mol. The number of hydrogen-bond acceptors (Lipinski definition) is 3. The van der Waals surface area contributed by atoms with Crippen molar-refractivity contribution in [1.82, 2.24) is 15.0 Å². The van der Waals surface area contributed by atoms with Crippen molar-refractivity contribution in [2.24, 2.45) is 0 Å². The number of hydrogen-bond donors (Lipinski definition) is 0. The van der Waals surface area contributed by atoms with E-state index in [0.29, 0.717) is 0 Å². The maximum Gasteiger partial charge on any atom is 0.433 e. The molecule has 0 unspecified atom stereocenters. The van der Waals surface area contributed by atoms with E-state index < -0.39 is 11.9 Å². The molecule has 2 aromatic heterocycles. The first-order chi connectivity index (χ1) is 9.23. The highest BCUT2D eigenvalue weighted by atomic mass is 19.4. The molecule has 2 heterocycles. The van der Waals surface area contributed by atoms with Crippen LogP contribution in [0.1, 0.15) is 28.1 Å². The van der Waals surface area contributed by atoms with Gasteiger partial charge in [0.25, 0.3) is 0 Å². The van der Waals surface area contributed by atoms with Crippen LogP contribution in [0.4, 0.5) is 13.2 Å². The molecule has 3 nitrogen and oxygen atoms in total. The van der Waals surface area contributed by atoms with Gasteiger partial charge in [0.05, 0.1) is 0 Å². The molecule has 0 amide bonds. The molecule has 2 rings (SSSR count). The van der Waals surface area contributed by atoms with Crippen molar-refractivity contribution in [1.29, 1.82) is 0 Å². The largest absolute Gasteiger partial charge is 0.433 e. The molecular weight excluding hydrogens is 267 g/mol. The van der Waals surface area contributed by atoms with E-state index in [-0.39, 0.29) is 5.56 Å². The molecule has 0 aromatic carbocycles. The number of halogens is 3. The quantitative estimate of drug-likeness (QED) is 0.738. The first-order valence-electron chi connectivity index (χ1n) is 5.96. The Morgan fingerprint density at radius 1 is 0.950 bits per heavy atom. The van der Waals surface area contributed by atoms with Crippen LogP contribution in [-0.4, -0.2) is 15.0 Å². The normalized spacial score (nSPS) is 10.8. The maximum atomic E-state index is 12.0. The first-order valence-corrected chi connectivity index (χ1v) is 5.96. The summed E-state index contributed by atoms with van der Waals surface area (Å²) in [5.41, 5.74) is 2.93. The molecule has 0 spiro atoms. The average Bonchev–Trinajstić information content (AvgIpc) is 2.36. The molecule has 6 heteroatoms. The van der Waals surface area contributed by atoms with E-state index in [9.17, 15) is 13.2 Å². The minimum atomic E-state index is -4.37. The second-order valence-electron chi connectivity index (χ2n) is 4.39. The highest BCUT2D eigenvalue weighted by molar-refractivity contribution is 5.25. The predicted molar refractivity (Wildman–Crippen MR) is 70.2 cm³/mol. The Kier molecular flexibility index (Phi) is 5.19. The minimum absolute atomic E-state index is 0.0417. The Bertz CT molecular complexity index is 560. The molecule has 108 valence electrons. The maximum absolute atomic E-state index is 12.0. The fraction of sp³-hybridized carbons (Fsp3) is 0.357. The molecule has 0 saturated heterocycles. The fourth-order valence-electron chi connectivity index (χ4n) is 1.46. The van der Waals surface area contributed by atoms with Crippen LogP contribution < -0.4 is 0 Å². The Morgan fingerprint density at radius 3 is 2.00 bits per heavy atom. The summed E-state index contributed by atoms with van der Waals surface area (Å²) in [5, 5.41) is 0. The molecule has 0 bridgehead atoms. The summed E-state index contributed by atoms with van der Waals surface area (Å²) >= 11 is 0. The van der Waals surface area contributed by atoms with E-state index >= 15 is 0 Å². The average molecular weight is 283 g/mol. The van der Waals surface area contributed by atoms with Gasteiger partial charge >= 0.3 is 6.18 Å². The van der Waals surface area contributed by atoms with Crippen LogP contribution in [0, 0.1) is 27.7 Å². The van der Waals surface area contributed by atoms with Gasteiger partial charge in [0.15, 0.2) is 5.69 Å². The summed E-state index contributed by atoms with van der Waals surface area (Å²) in [7, 11) is 0. The van der Waals surface area contributed by atoms with Crippen LogP contribution in [-0.2, 0) is 6.18 Å². The highest BCUT2D eigenvalue weighted by Gasteiger charge is 2.33. The van der Waals surface area contributed by atoms with Crippen molar-refractivity contribution in [2.75, 3.05) is 0 Å². The van der Waals surface area contributed by atoms with Crippen molar-refractivity contribution in [3.8, 4) is 0 Å². The molecule has 0 saturated carbocycles. The van der Waals surface area contributed by atoms with Gasteiger partial charge in [-0.25, -0.2) is 9.97 Å². The summed E-state index contributed by atoms with van der Waals surface area (Å²) in [6.07, 6.45) is -0.504. The van der Waals surface area contributed by atoms with E-state index in [0.717, 1.165) is 18.2 Å². The SMILES string of the molecule is Cc1ccnc(C)c1C.Cc1cncnc1C(F)(F)F. The Balaban J connectivity index is 0.000000204. The van der Waals surface area contributed by atoms with Crippen molar-refractivity contribution in [3.05, 3.63) is 52.9 Å². The van der Waals surface area contributed by atoms with Gasteiger partial charge in [-0.1, -0.05) is 0 Å². The highest BCUT2D eigenvalue weighted by Crippen LogP contribution is 2.28. The molecule has 0 radical (unpaired) electrons. The van der Waals surface area contributed by atoms with Gasteiger partial charge in [-0.2, -0.15) is 13.2 Å². The lowest BCUT2D eigenvalue weighted by molar-refractivity contribution is -0.141. The topological polar surface area (TPSA) is 38.7 Å². The molecule has 0 N–H and O–H groups in total. The summed E-state index contributed by atoms with van der Waals surface area (Å²) in [6, 6.07) is 2.03. The number of pyridine rings is 1. The van der Waals surface area contributed by atoms with Crippen molar-refractivity contribution in [3.63, 3.8) is 0 Å². The van der Waals surface area contributed by atoms with Crippen molar-refractivity contribution < 1.29 is 13.2 Å². The second-order valence-corrected chi connectivity index (χ2v) is 4.39. The van der Waals surface area contributed by atoms with Crippen molar-refractivity contribution >= 4 is 0 Å². The van der Waals surface area contributed by atoms with Gasteiger partial charge in [-0.15, -0.1) is 0 Å². The van der Waals surface area contributed by atoms with Crippen LogP contribution in [0.15, 0.2) is 24.8 Å².